The Balaban J connectivity index is 1.88. The lowest BCUT2D eigenvalue weighted by molar-refractivity contribution is -0.0802. The minimum Gasteiger partial charge on any atom is -0.485 e. The summed E-state index contributed by atoms with van der Waals surface area (Å²) in [6.45, 7) is 5.02. The lowest BCUT2D eigenvalue weighted by Gasteiger charge is -2.34. The molecule has 0 amide bonds. The molecule has 1 atom stereocenters. The molecule has 3 heterocycles. The summed E-state index contributed by atoms with van der Waals surface area (Å²) in [5, 5.41) is 19.2. The van der Waals surface area contributed by atoms with Crippen molar-refractivity contribution in [1.82, 2.24) is 4.57 Å². The van der Waals surface area contributed by atoms with Crippen LogP contribution in [-0.4, -0.2) is 40.1 Å². The van der Waals surface area contributed by atoms with Crippen molar-refractivity contribution in [2.24, 2.45) is 5.92 Å². The quantitative estimate of drug-likeness (QED) is 0.819. The molecular weight excluding hydrogens is 362 g/mol. The number of aliphatic hydroxyl groups is 1. The molecule has 148 valence electrons. The topological polar surface area (TPSA) is 98.0 Å². The molecule has 2 N–H and O–H groups in total. The molecule has 28 heavy (non-hydrogen) atoms. The van der Waals surface area contributed by atoms with E-state index in [0.29, 0.717) is 36.6 Å². The van der Waals surface area contributed by atoms with Gasteiger partial charge in [-0.3, -0.25) is 4.79 Å². The molecule has 1 saturated heterocycles. The molecule has 7 heteroatoms. The van der Waals surface area contributed by atoms with Crippen molar-refractivity contribution in [2.75, 3.05) is 13.2 Å². The van der Waals surface area contributed by atoms with Gasteiger partial charge in [-0.05, 0) is 30.0 Å². The van der Waals surface area contributed by atoms with Crippen LogP contribution in [0, 0.1) is 5.92 Å². The van der Waals surface area contributed by atoms with Gasteiger partial charge < -0.3 is 24.3 Å². The van der Waals surface area contributed by atoms with E-state index in [-0.39, 0.29) is 30.2 Å². The van der Waals surface area contributed by atoms with E-state index in [0.717, 1.165) is 11.1 Å². The van der Waals surface area contributed by atoms with Crippen LogP contribution in [0.25, 0.3) is 11.3 Å². The Hall–Kier alpha value is -2.64. The molecule has 1 fully saturated rings. The molecule has 1 aromatic heterocycles. The van der Waals surface area contributed by atoms with Gasteiger partial charge in [0.25, 0.3) is 0 Å². The molecule has 0 aliphatic carbocycles. The van der Waals surface area contributed by atoms with Gasteiger partial charge in [-0.1, -0.05) is 13.8 Å². The highest BCUT2D eigenvalue weighted by molar-refractivity contribution is 5.87. The molecule has 2 aliphatic heterocycles. The van der Waals surface area contributed by atoms with E-state index in [2.05, 4.69) is 13.8 Å². The number of carboxylic acid groups (broad SMARTS) is 1. The predicted octanol–water partition coefficient (Wildman–Crippen LogP) is 2.24. The summed E-state index contributed by atoms with van der Waals surface area (Å²) in [6, 6.07) is 5.18. The molecule has 0 saturated carbocycles. The number of carboxylic acids is 1. The number of carbonyl (C=O) groups is 1. The maximum absolute atomic E-state index is 12.4. The smallest absolute Gasteiger partial charge is 0.341 e. The van der Waals surface area contributed by atoms with E-state index in [9.17, 15) is 19.8 Å². The van der Waals surface area contributed by atoms with Crippen LogP contribution in [0.15, 0.2) is 29.2 Å². The van der Waals surface area contributed by atoms with Crippen LogP contribution in [0.4, 0.5) is 0 Å². The number of hydrogen-bond donors (Lipinski definition) is 2. The number of nitrogens with zero attached hydrogens (tertiary/aromatic N) is 1. The van der Waals surface area contributed by atoms with E-state index in [1.807, 2.05) is 16.7 Å². The van der Waals surface area contributed by atoms with Crippen LogP contribution in [0.2, 0.25) is 0 Å². The van der Waals surface area contributed by atoms with Gasteiger partial charge in [0.1, 0.15) is 17.4 Å². The van der Waals surface area contributed by atoms with Gasteiger partial charge in [-0.15, -0.1) is 0 Å². The molecule has 1 aromatic carbocycles. The van der Waals surface area contributed by atoms with Crippen LogP contribution >= 0.6 is 0 Å². The molecule has 2 aliphatic rings. The number of aromatic carboxylic acids is 1. The van der Waals surface area contributed by atoms with Crippen LogP contribution in [0.1, 0.15) is 41.4 Å². The van der Waals surface area contributed by atoms with Crippen molar-refractivity contribution in [3.63, 3.8) is 0 Å². The average molecular weight is 385 g/mol. The third-order valence-corrected chi connectivity index (χ3v) is 5.50. The number of benzene rings is 1. The Bertz CT molecular complexity index is 989. The van der Waals surface area contributed by atoms with Gasteiger partial charge in [0.2, 0.25) is 0 Å². The highest BCUT2D eigenvalue weighted by Gasteiger charge is 2.30. The first-order valence-corrected chi connectivity index (χ1v) is 9.40. The summed E-state index contributed by atoms with van der Waals surface area (Å²) in [7, 11) is 0. The number of aromatic nitrogens is 1. The van der Waals surface area contributed by atoms with Gasteiger partial charge >= 0.3 is 5.97 Å². The Morgan fingerprint density at radius 3 is 2.64 bits per heavy atom. The molecule has 2 aromatic rings. The highest BCUT2D eigenvalue weighted by atomic mass is 16.6. The van der Waals surface area contributed by atoms with Crippen LogP contribution in [0.3, 0.4) is 0 Å². The second-order valence-corrected chi connectivity index (χ2v) is 7.72. The summed E-state index contributed by atoms with van der Waals surface area (Å²) in [4.78, 5) is 23.8. The van der Waals surface area contributed by atoms with Gasteiger partial charge in [0, 0.05) is 29.4 Å². The molecular formula is C21H23NO6. The van der Waals surface area contributed by atoms with Crippen molar-refractivity contribution in [1.29, 1.82) is 0 Å². The SMILES string of the molecule is CC(C)[C@@H]1Cc2cc(OC3COC3)c(CO)cc2-c2cc(=O)c(C(=O)O)cn21. The second kappa shape index (κ2) is 7.07. The van der Waals surface area contributed by atoms with Crippen molar-refractivity contribution in [3.8, 4) is 17.0 Å². The number of hydrogen-bond acceptors (Lipinski definition) is 5. The number of aliphatic hydroxyl groups excluding tert-OH is 1. The number of ether oxygens (including phenoxy) is 2. The third kappa shape index (κ3) is 3.10. The normalized spacial score (nSPS) is 18.4. The fraction of sp³-hybridized carbons (Fsp3) is 0.429. The Morgan fingerprint density at radius 1 is 1.32 bits per heavy atom. The Morgan fingerprint density at radius 2 is 2.07 bits per heavy atom. The lowest BCUT2D eigenvalue weighted by Crippen LogP contribution is -2.38. The molecule has 4 rings (SSSR count). The summed E-state index contributed by atoms with van der Waals surface area (Å²) in [5.41, 5.74) is 2.40. The number of fused-ring (bicyclic) bond motifs is 3. The zero-order valence-electron chi connectivity index (χ0n) is 15.8. The molecule has 0 bridgehead atoms. The molecule has 0 spiro atoms. The van der Waals surface area contributed by atoms with Gasteiger partial charge in [0.15, 0.2) is 5.43 Å². The molecule has 0 radical (unpaired) electrons. The van der Waals surface area contributed by atoms with E-state index in [1.165, 1.54) is 12.3 Å². The van der Waals surface area contributed by atoms with E-state index in [4.69, 9.17) is 9.47 Å². The first-order chi connectivity index (χ1) is 13.4. The summed E-state index contributed by atoms with van der Waals surface area (Å²) >= 11 is 0. The predicted molar refractivity (Wildman–Crippen MR) is 102 cm³/mol. The standard InChI is InChI=1S/C21H23NO6/c1-11(2)17-4-12-5-20(28-14-9-27-10-14)13(8-23)3-15(12)18-6-19(24)16(21(25)26)7-22(17)18/h3,5-7,11,14,17,23H,4,8-10H2,1-2H3,(H,25,26)/t17-/m0/s1. The van der Waals surface area contributed by atoms with Crippen LogP contribution < -0.4 is 10.2 Å². The Labute approximate surface area is 162 Å². The molecule has 0 unspecified atom stereocenters. The minimum atomic E-state index is -1.23. The largest absolute Gasteiger partial charge is 0.485 e. The van der Waals surface area contributed by atoms with Crippen LogP contribution in [-0.2, 0) is 17.8 Å². The minimum absolute atomic E-state index is 0.0131. The zero-order valence-corrected chi connectivity index (χ0v) is 15.8. The zero-order chi connectivity index (χ0) is 20.0. The second-order valence-electron chi connectivity index (χ2n) is 7.72. The van der Waals surface area contributed by atoms with Gasteiger partial charge in [-0.25, -0.2) is 4.79 Å². The van der Waals surface area contributed by atoms with Crippen molar-refractivity contribution < 1.29 is 24.5 Å². The average Bonchev–Trinajstić information content (AvgIpc) is 2.62. The lowest BCUT2D eigenvalue weighted by atomic mass is 9.86. The number of pyridine rings is 1. The number of rotatable bonds is 5. The van der Waals surface area contributed by atoms with Gasteiger partial charge in [-0.2, -0.15) is 0 Å². The van der Waals surface area contributed by atoms with E-state index >= 15 is 0 Å². The highest BCUT2D eigenvalue weighted by Crippen LogP contribution is 2.40. The first-order valence-electron chi connectivity index (χ1n) is 9.40. The van der Waals surface area contributed by atoms with Gasteiger partial charge in [0.05, 0.1) is 25.5 Å². The van der Waals surface area contributed by atoms with Crippen molar-refractivity contribution in [2.45, 2.75) is 39.0 Å². The van der Waals surface area contributed by atoms with Crippen molar-refractivity contribution >= 4 is 5.97 Å². The Kier molecular flexibility index (Phi) is 4.72. The first kappa shape index (κ1) is 18.7. The van der Waals surface area contributed by atoms with E-state index in [1.54, 1.807) is 0 Å². The fourth-order valence-corrected chi connectivity index (χ4v) is 3.85. The van der Waals surface area contributed by atoms with Crippen LogP contribution in [0.5, 0.6) is 5.75 Å². The monoisotopic (exact) mass is 385 g/mol. The maximum Gasteiger partial charge on any atom is 0.341 e. The summed E-state index contributed by atoms with van der Waals surface area (Å²) in [5.74, 6) is -0.357. The summed E-state index contributed by atoms with van der Waals surface area (Å²) in [6.07, 6.45) is 2.12. The molecule has 7 nitrogen and oxygen atoms in total. The summed E-state index contributed by atoms with van der Waals surface area (Å²) < 4.78 is 13.0. The fourth-order valence-electron chi connectivity index (χ4n) is 3.85. The van der Waals surface area contributed by atoms with E-state index < -0.39 is 11.4 Å². The van der Waals surface area contributed by atoms with Crippen molar-refractivity contribution in [3.05, 3.63) is 51.3 Å². The third-order valence-electron chi connectivity index (χ3n) is 5.50. The maximum atomic E-state index is 12.4.